The summed E-state index contributed by atoms with van der Waals surface area (Å²) in [7, 11) is 8.96. The first-order valence-corrected chi connectivity index (χ1v) is 21.1. The lowest BCUT2D eigenvalue weighted by atomic mass is 9.85. The van der Waals surface area contributed by atoms with E-state index < -0.39 is 8.56 Å². The Morgan fingerprint density at radius 3 is 1.37 bits per heavy atom. The quantitative estimate of drug-likeness (QED) is 0.0444. The molecule has 0 aliphatic rings. The Balaban J connectivity index is 4.18. The number of aliphatic hydroxyl groups excluding tert-OH is 2. The Kier molecular flexibility index (Phi) is 25.1. The summed E-state index contributed by atoms with van der Waals surface area (Å²) in [6.45, 7) is 10.6. The van der Waals surface area contributed by atoms with Gasteiger partial charge >= 0.3 is 8.56 Å². The smallest absolute Gasteiger partial charge is 0.335 e. The molecule has 0 aromatic rings. The summed E-state index contributed by atoms with van der Waals surface area (Å²) in [6.07, 6.45) is 26.0. The van der Waals surface area contributed by atoms with Gasteiger partial charge in [0, 0.05) is 45.7 Å². The fraction of sp³-hybridized carbons (Fsp3) is 1.00. The number of rotatable bonds is 32. The first-order valence-electron chi connectivity index (χ1n) is 18.5. The van der Waals surface area contributed by atoms with Crippen molar-refractivity contribution in [1.29, 1.82) is 0 Å². The lowest BCUT2D eigenvalue weighted by Crippen LogP contribution is -2.59. The van der Waals surface area contributed by atoms with Gasteiger partial charge in [-0.15, -0.1) is 0 Å². The zero-order valence-corrected chi connectivity index (χ0v) is 31.7. The summed E-state index contributed by atoms with van der Waals surface area (Å²) in [5.41, 5.74) is -0.198. The van der Waals surface area contributed by atoms with Gasteiger partial charge in [-0.25, -0.2) is 0 Å². The Morgan fingerprint density at radius 1 is 0.558 bits per heavy atom. The van der Waals surface area contributed by atoms with Gasteiger partial charge in [-0.3, -0.25) is 0 Å². The van der Waals surface area contributed by atoms with Crippen LogP contribution < -0.4 is 0 Å². The van der Waals surface area contributed by atoms with Crippen molar-refractivity contribution in [2.45, 2.75) is 160 Å². The highest BCUT2D eigenvalue weighted by molar-refractivity contribution is 6.66. The van der Waals surface area contributed by atoms with Crippen LogP contribution in [0, 0.1) is 0 Å². The van der Waals surface area contributed by atoms with Crippen molar-refractivity contribution < 1.29 is 28.0 Å². The van der Waals surface area contributed by atoms with Gasteiger partial charge in [0.1, 0.15) is 5.54 Å². The fourth-order valence-corrected chi connectivity index (χ4v) is 9.09. The van der Waals surface area contributed by atoms with Crippen LogP contribution in [0.4, 0.5) is 0 Å². The van der Waals surface area contributed by atoms with Gasteiger partial charge in [0.2, 0.25) is 0 Å². The van der Waals surface area contributed by atoms with Gasteiger partial charge in [-0.1, -0.05) is 96.8 Å². The Hall–Kier alpha value is -0.0231. The number of hydrogen-bond donors (Lipinski definition) is 2. The van der Waals surface area contributed by atoms with Gasteiger partial charge in [-0.05, 0) is 38.8 Å². The van der Waals surface area contributed by atoms with E-state index in [1.54, 1.807) is 0 Å². The Labute approximate surface area is 271 Å². The molecule has 0 saturated carbocycles. The summed E-state index contributed by atoms with van der Waals surface area (Å²) in [4.78, 5) is 0. The zero-order chi connectivity index (χ0) is 32.5. The SMILES string of the molecule is CCCCCCCCCCCCCCCCCC[N+](C)(C)CCC[Si](C)(OCC)OCCC(CCO)(CCO)[N+](C)(C)C. The number of quaternary nitrogens is 2. The third-order valence-corrected chi connectivity index (χ3v) is 13.0. The van der Waals surface area contributed by atoms with E-state index in [1.165, 1.54) is 109 Å². The van der Waals surface area contributed by atoms with Gasteiger partial charge in [0.15, 0.2) is 0 Å². The Bertz CT molecular complexity index is 623. The molecule has 0 saturated heterocycles. The molecule has 0 radical (unpaired) electrons. The van der Waals surface area contributed by atoms with Crippen LogP contribution in [0.15, 0.2) is 0 Å². The molecule has 0 aliphatic carbocycles. The van der Waals surface area contributed by atoms with E-state index in [2.05, 4.69) is 55.6 Å². The van der Waals surface area contributed by atoms with Crippen LogP contribution >= 0.6 is 0 Å². The molecule has 0 spiro atoms. The third-order valence-electron chi connectivity index (χ3n) is 10.0. The molecule has 1 unspecified atom stereocenters. The number of nitrogens with zero attached hydrogens (tertiary/aromatic N) is 2. The number of unbranched alkanes of at least 4 members (excludes halogenated alkanes) is 15. The maximum atomic E-state index is 9.77. The van der Waals surface area contributed by atoms with E-state index >= 15 is 0 Å². The summed E-state index contributed by atoms with van der Waals surface area (Å²) in [5, 5.41) is 19.5. The van der Waals surface area contributed by atoms with Crippen LogP contribution in [0.3, 0.4) is 0 Å². The predicted octanol–water partition coefficient (Wildman–Crippen LogP) is 8.44. The van der Waals surface area contributed by atoms with Gasteiger partial charge in [-0.2, -0.15) is 0 Å². The molecule has 0 heterocycles. The monoisotopic (exact) mass is 633 g/mol. The summed E-state index contributed by atoms with van der Waals surface area (Å²) in [5.74, 6) is 0. The van der Waals surface area contributed by atoms with Gasteiger partial charge < -0.3 is 28.0 Å². The standard InChI is InChI=1S/C36H80N2O4Si/c1-9-11-12-13-14-15-16-17-18-19-20-21-22-23-24-25-30-38(6,7)31-26-35-43(8,41-10-2)42-34-29-36(27-32-39,28-33-40)37(3,4)5/h39-40H,9-35H2,1-8H3/q+2. The minimum Gasteiger partial charge on any atom is -0.396 e. The highest BCUT2D eigenvalue weighted by atomic mass is 28.4. The summed E-state index contributed by atoms with van der Waals surface area (Å²) >= 11 is 0. The lowest BCUT2D eigenvalue weighted by molar-refractivity contribution is -0.925. The van der Waals surface area contributed by atoms with E-state index in [4.69, 9.17) is 8.85 Å². The van der Waals surface area contributed by atoms with Crippen molar-refractivity contribution in [1.82, 2.24) is 0 Å². The Morgan fingerprint density at radius 2 is 0.977 bits per heavy atom. The molecule has 7 heteroatoms. The molecule has 0 amide bonds. The van der Waals surface area contributed by atoms with Crippen molar-refractivity contribution in [3.63, 3.8) is 0 Å². The van der Waals surface area contributed by atoms with E-state index in [-0.39, 0.29) is 18.8 Å². The maximum absolute atomic E-state index is 9.77. The summed E-state index contributed by atoms with van der Waals surface area (Å²) < 4.78 is 14.6. The number of hydrogen-bond acceptors (Lipinski definition) is 4. The van der Waals surface area contributed by atoms with Crippen LogP contribution in [-0.2, 0) is 8.85 Å². The van der Waals surface area contributed by atoms with E-state index in [1.807, 2.05) is 0 Å². The molecule has 0 bridgehead atoms. The minimum absolute atomic E-state index is 0.127. The molecule has 6 nitrogen and oxygen atoms in total. The second-order valence-electron chi connectivity index (χ2n) is 15.1. The normalized spacial score (nSPS) is 14.4. The molecule has 0 aliphatic heterocycles. The summed E-state index contributed by atoms with van der Waals surface area (Å²) in [6, 6.07) is 1.01. The first-order chi connectivity index (χ1) is 20.4. The molecule has 0 aromatic heterocycles. The van der Waals surface area contributed by atoms with Crippen LogP contribution in [0.5, 0.6) is 0 Å². The van der Waals surface area contributed by atoms with Gasteiger partial charge in [0.25, 0.3) is 0 Å². The largest absolute Gasteiger partial charge is 0.396 e. The van der Waals surface area contributed by atoms with Gasteiger partial charge in [0.05, 0.1) is 48.3 Å². The molecule has 43 heavy (non-hydrogen) atoms. The highest BCUT2D eigenvalue weighted by Crippen LogP contribution is 2.31. The van der Waals surface area contributed by atoms with Crippen molar-refractivity contribution in [2.75, 3.05) is 74.8 Å². The van der Waals surface area contributed by atoms with Crippen LogP contribution in [0.25, 0.3) is 0 Å². The molecular weight excluding hydrogens is 552 g/mol. The molecule has 0 fully saturated rings. The average Bonchev–Trinajstić information content (AvgIpc) is 2.92. The van der Waals surface area contributed by atoms with Crippen molar-refractivity contribution >= 4 is 8.56 Å². The van der Waals surface area contributed by atoms with E-state index in [0.717, 1.165) is 29.9 Å². The van der Waals surface area contributed by atoms with E-state index in [0.29, 0.717) is 30.5 Å². The number of aliphatic hydroxyl groups is 2. The molecule has 0 rings (SSSR count). The molecule has 260 valence electrons. The van der Waals surface area contributed by atoms with Crippen molar-refractivity contribution in [3.8, 4) is 0 Å². The van der Waals surface area contributed by atoms with Crippen molar-refractivity contribution in [3.05, 3.63) is 0 Å². The second-order valence-corrected chi connectivity index (χ2v) is 18.5. The zero-order valence-electron chi connectivity index (χ0n) is 30.7. The van der Waals surface area contributed by atoms with Crippen LogP contribution in [0.1, 0.15) is 142 Å². The fourth-order valence-electron chi connectivity index (χ4n) is 6.77. The average molecular weight is 633 g/mol. The molecule has 2 N–H and O–H groups in total. The highest BCUT2D eigenvalue weighted by Gasteiger charge is 2.42. The first kappa shape index (κ1) is 43.0. The van der Waals surface area contributed by atoms with Crippen LogP contribution in [-0.4, -0.2) is 108 Å². The lowest BCUT2D eigenvalue weighted by Gasteiger charge is -2.46. The van der Waals surface area contributed by atoms with Crippen LogP contribution in [0.2, 0.25) is 12.6 Å². The second kappa shape index (κ2) is 25.1. The van der Waals surface area contributed by atoms with E-state index in [9.17, 15) is 10.2 Å². The maximum Gasteiger partial charge on any atom is 0.335 e. The topological polar surface area (TPSA) is 58.9 Å². The molecule has 1 atom stereocenters. The predicted molar refractivity (Wildman–Crippen MR) is 189 cm³/mol. The van der Waals surface area contributed by atoms with Crippen molar-refractivity contribution in [2.24, 2.45) is 0 Å². The third kappa shape index (κ3) is 21.4. The molecule has 0 aromatic carbocycles. The minimum atomic E-state index is -2.27. The molecular formula is C36H80N2O4Si+2.